The van der Waals surface area contributed by atoms with Gasteiger partial charge in [-0.15, -0.1) is 0 Å². The van der Waals surface area contributed by atoms with Gasteiger partial charge in [-0.2, -0.15) is 0 Å². The van der Waals surface area contributed by atoms with Crippen molar-refractivity contribution in [2.45, 2.75) is 18.9 Å². The second kappa shape index (κ2) is 8.94. The van der Waals surface area contributed by atoms with Gasteiger partial charge in [-0.25, -0.2) is 9.69 Å². The van der Waals surface area contributed by atoms with E-state index in [2.05, 4.69) is 5.32 Å². The lowest BCUT2D eigenvalue weighted by Crippen LogP contribution is -2.40. The molecule has 1 heterocycles. The number of ketones is 1. The van der Waals surface area contributed by atoms with Gasteiger partial charge in [0.25, 0.3) is 5.91 Å². The molecule has 7 nitrogen and oxygen atoms in total. The van der Waals surface area contributed by atoms with Crippen molar-refractivity contribution in [3.8, 4) is 0 Å². The summed E-state index contributed by atoms with van der Waals surface area (Å²) in [5.74, 6) is -0.900. The highest BCUT2D eigenvalue weighted by molar-refractivity contribution is 5.98. The van der Waals surface area contributed by atoms with Crippen LogP contribution in [0.5, 0.6) is 0 Å². The van der Waals surface area contributed by atoms with E-state index in [1.165, 1.54) is 0 Å². The van der Waals surface area contributed by atoms with Crippen LogP contribution in [0.25, 0.3) is 0 Å². The maximum Gasteiger partial charge on any atom is 0.417 e. The number of hydrogen-bond donors (Lipinski definition) is 1. The highest BCUT2D eigenvalue weighted by Gasteiger charge is 2.33. The lowest BCUT2D eigenvalue weighted by atomic mass is 10.0. The number of Topliss-reactive ketones (excluding diaryl/α,β-unsaturated/α-hetero) is 1. The molecule has 0 aliphatic carbocycles. The molecule has 3 amide bonds. The number of benzene rings is 2. The molecule has 0 spiro atoms. The third-order valence-electron chi connectivity index (χ3n) is 4.42. The second-order valence-corrected chi connectivity index (χ2v) is 6.38. The van der Waals surface area contributed by atoms with Crippen LogP contribution >= 0.6 is 0 Å². The lowest BCUT2D eigenvalue weighted by molar-refractivity contribution is -0.127. The summed E-state index contributed by atoms with van der Waals surface area (Å²) in [5.41, 5.74) is 1.30. The average Bonchev–Trinajstić information content (AvgIpc) is 3.04. The molecule has 0 radical (unpaired) electrons. The molecule has 0 aromatic heterocycles. The predicted octanol–water partition coefficient (Wildman–Crippen LogP) is 2.49. The Morgan fingerprint density at radius 1 is 0.964 bits per heavy atom. The first-order valence-electron chi connectivity index (χ1n) is 8.94. The fourth-order valence-corrected chi connectivity index (χ4v) is 2.92. The molecule has 1 aliphatic rings. The van der Waals surface area contributed by atoms with Crippen molar-refractivity contribution in [2.75, 3.05) is 13.2 Å². The maximum atomic E-state index is 12.4. The summed E-state index contributed by atoms with van der Waals surface area (Å²) in [6.07, 6.45) is -0.642. The Bertz CT molecular complexity index is 851. The Balaban J connectivity index is 1.64. The summed E-state index contributed by atoms with van der Waals surface area (Å²) in [5, 5.41) is 2.82. The number of cyclic esters (lactones) is 1. The second-order valence-electron chi connectivity index (χ2n) is 6.38. The van der Waals surface area contributed by atoms with Gasteiger partial charge in [-0.05, 0) is 5.56 Å². The molecular weight excluding hydrogens is 360 g/mol. The number of nitrogens with zero attached hydrogens (tertiary/aromatic N) is 1. The first kappa shape index (κ1) is 19.3. The van der Waals surface area contributed by atoms with Crippen LogP contribution in [0, 0.1) is 0 Å². The molecule has 1 atom stereocenters. The van der Waals surface area contributed by atoms with Crippen LogP contribution in [0.1, 0.15) is 34.8 Å². The molecule has 144 valence electrons. The summed E-state index contributed by atoms with van der Waals surface area (Å²) in [6, 6.07) is 17.2. The van der Waals surface area contributed by atoms with E-state index in [0.29, 0.717) is 5.56 Å². The Labute approximate surface area is 162 Å². The van der Waals surface area contributed by atoms with Crippen LogP contribution < -0.4 is 5.32 Å². The molecule has 28 heavy (non-hydrogen) atoms. The summed E-state index contributed by atoms with van der Waals surface area (Å²) < 4.78 is 4.73. The molecule has 0 saturated carbocycles. The minimum atomic E-state index is -0.723. The SMILES string of the molecule is O=C(CCC(=O)c1ccccc1)NC(CN1C(=O)COC1=O)c1ccccc1. The predicted molar refractivity (Wildman–Crippen MR) is 100 cm³/mol. The molecule has 1 N–H and O–H groups in total. The zero-order valence-electron chi connectivity index (χ0n) is 15.2. The van der Waals surface area contributed by atoms with Crippen molar-refractivity contribution in [1.29, 1.82) is 0 Å². The first-order valence-corrected chi connectivity index (χ1v) is 8.94. The van der Waals surface area contributed by atoms with E-state index in [4.69, 9.17) is 4.74 Å². The van der Waals surface area contributed by atoms with Crippen LogP contribution in [0.2, 0.25) is 0 Å². The normalized spacial score (nSPS) is 14.5. The third kappa shape index (κ3) is 4.82. The lowest BCUT2D eigenvalue weighted by Gasteiger charge is -2.22. The zero-order chi connectivity index (χ0) is 19.9. The molecule has 7 heteroatoms. The van der Waals surface area contributed by atoms with Crippen LogP contribution in [0.3, 0.4) is 0 Å². The van der Waals surface area contributed by atoms with Gasteiger partial charge in [0.15, 0.2) is 12.4 Å². The van der Waals surface area contributed by atoms with Crippen molar-refractivity contribution < 1.29 is 23.9 Å². The average molecular weight is 380 g/mol. The number of imide groups is 1. The fraction of sp³-hybridized carbons (Fsp3) is 0.238. The number of amides is 3. The minimum absolute atomic E-state index is 0.00938. The third-order valence-corrected chi connectivity index (χ3v) is 4.42. The van der Waals surface area contributed by atoms with Crippen molar-refractivity contribution in [3.05, 3.63) is 71.8 Å². The molecule has 1 saturated heterocycles. The Hall–Kier alpha value is -3.48. The quantitative estimate of drug-likeness (QED) is 0.710. The summed E-state index contributed by atoms with van der Waals surface area (Å²) >= 11 is 0. The molecule has 2 aromatic carbocycles. The van der Waals surface area contributed by atoms with E-state index in [9.17, 15) is 19.2 Å². The maximum absolute atomic E-state index is 12.4. The fourth-order valence-electron chi connectivity index (χ4n) is 2.92. The Morgan fingerprint density at radius 3 is 2.21 bits per heavy atom. The molecule has 2 aromatic rings. The van der Waals surface area contributed by atoms with Crippen molar-refractivity contribution in [3.63, 3.8) is 0 Å². The Kier molecular flexibility index (Phi) is 6.16. The number of nitrogens with one attached hydrogen (secondary N) is 1. The van der Waals surface area contributed by atoms with E-state index in [0.717, 1.165) is 10.5 Å². The summed E-state index contributed by atoms with van der Waals surface area (Å²) in [6.45, 7) is -0.320. The van der Waals surface area contributed by atoms with Gasteiger partial charge in [0.1, 0.15) is 0 Å². The van der Waals surface area contributed by atoms with Crippen LogP contribution in [0.15, 0.2) is 60.7 Å². The summed E-state index contributed by atoms with van der Waals surface area (Å²) in [7, 11) is 0. The van der Waals surface area contributed by atoms with Gasteiger partial charge >= 0.3 is 6.09 Å². The van der Waals surface area contributed by atoms with Crippen molar-refractivity contribution in [2.24, 2.45) is 0 Å². The largest absolute Gasteiger partial charge is 0.439 e. The molecule has 1 fully saturated rings. The van der Waals surface area contributed by atoms with Crippen molar-refractivity contribution >= 4 is 23.7 Å². The van der Waals surface area contributed by atoms with Gasteiger partial charge in [0.05, 0.1) is 12.6 Å². The van der Waals surface area contributed by atoms with E-state index in [1.807, 2.05) is 12.1 Å². The molecule has 3 rings (SSSR count). The Morgan fingerprint density at radius 2 is 1.61 bits per heavy atom. The van der Waals surface area contributed by atoms with E-state index < -0.39 is 18.0 Å². The molecular formula is C21H20N2O5. The van der Waals surface area contributed by atoms with Crippen LogP contribution in [0.4, 0.5) is 4.79 Å². The van der Waals surface area contributed by atoms with Gasteiger partial charge in [0.2, 0.25) is 5.91 Å². The van der Waals surface area contributed by atoms with Crippen LogP contribution in [-0.4, -0.2) is 41.7 Å². The first-order chi connectivity index (χ1) is 13.5. The van der Waals surface area contributed by atoms with E-state index in [-0.39, 0.29) is 37.7 Å². The monoisotopic (exact) mass is 380 g/mol. The topological polar surface area (TPSA) is 92.8 Å². The zero-order valence-corrected chi connectivity index (χ0v) is 15.2. The number of ether oxygens (including phenoxy) is 1. The minimum Gasteiger partial charge on any atom is -0.439 e. The van der Waals surface area contributed by atoms with E-state index >= 15 is 0 Å². The smallest absolute Gasteiger partial charge is 0.417 e. The molecule has 1 unspecified atom stereocenters. The number of carbonyl (C=O) groups excluding carboxylic acids is 4. The van der Waals surface area contributed by atoms with Gasteiger partial charge in [0, 0.05) is 18.4 Å². The highest BCUT2D eigenvalue weighted by Crippen LogP contribution is 2.18. The number of rotatable bonds is 8. The van der Waals surface area contributed by atoms with Gasteiger partial charge < -0.3 is 10.1 Å². The van der Waals surface area contributed by atoms with Crippen LogP contribution in [-0.2, 0) is 14.3 Å². The number of hydrogen-bond acceptors (Lipinski definition) is 5. The number of carbonyl (C=O) groups is 4. The van der Waals surface area contributed by atoms with Crippen molar-refractivity contribution in [1.82, 2.24) is 10.2 Å². The highest BCUT2D eigenvalue weighted by atomic mass is 16.6. The standard InChI is InChI=1S/C21H20N2O5/c24-18(16-9-5-2-6-10-16)11-12-19(25)22-17(15-7-3-1-4-8-15)13-23-20(26)14-28-21(23)27/h1-10,17H,11-14H2,(H,22,25). The van der Waals surface area contributed by atoms with E-state index in [1.54, 1.807) is 48.5 Å². The molecule has 0 bridgehead atoms. The van der Waals surface area contributed by atoms with Gasteiger partial charge in [-0.1, -0.05) is 60.7 Å². The molecule has 1 aliphatic heterocycles. The van der Waals surface area contributed by atoms with Gasteiger partial charge in [-0.3, -0.25) is 14.4 Å². The summed E-state index contributed by atoms with van der Waals surface area (Å²) in [4.78, 5) is 49.1.